The van der Waals surface area contributed by atoms with E-state index in [1.807, 2.05) is 43.3 Å². The van der Waals surface area contributed by atoms with E-state index in [-0.39, 0.29) is 5.91 Å². The molecule has 4 rings (SSSR count). The number of para-hydroxylation sites is 1. The largest absolute Gasteiger partial charge is 0.465 e. The highest BCUT2D eigenvalue weighted by Gasteiger charge is 2.50. The molecule has 2 heterocycles. The monoisotopic (exact) mass is 354 g/mol. The summed E-state index contributed by atoms with van der Waals surface area (Å²) in [7, 11) is 0. The van der Waals surface area contributed by atoms with Crippen LogP contribution in [0.2, 0.25) is 0 Å². The van der Waals surface area contributed by atoms with Gasteiger partial charge >= 0.3 is 0 Å². The zero-order valence-electron chi connectivity index (χ0n) is 14.0. The molecular weight excluding hydrogens is 336 g/mol. The zero-order valence-corrected chi connectivity index (χ0v) is 14.9. The number of rotatable bonds is 1. The van der Waals surface area contributed by atoms with Crippen LogP contribution in [-0.2, 0) is 9.59 Å². The van der Waals surface area contributed by atoms with Crippen LogP contribution in [0.4, 0.5) is 11.4 Å². The van der Waals surface area contributed by atoms with Crippen LogP contribution in [-0.4, -0.2) is 29.7 Å². The fraction of sp³-hybridized carbons (Fsp3) is 0.263. The molecule has 0 aromatic heterocycles. The third-order valence-corrected chi connectivity index (χ3v) is 5.56. The smallest absolute Gasteiger partial charge is 0.280 e. The number of nitrogens with one attached hydrogen (secondary N) is 1. The Morgan fingerprint density at radius 3 is 2.92 bits per heavy atom. The number of aryl methyl sites for hydroxylation is 1. The van der Waals surface area contributed by atoms with E-state index in [1.165, 1.54) is 6.92 Å². The van der Waals surface area contributed by atoms with Crippen LogP contribution in [0.25, 0.3) is 0 Å². The summed E-state index contributed by atoms with van der Waals surface area (Å²) in [4.78, 5) is 28.7. The summed E-state index contributed by atoms with van der Waals surface area (Å²) >= 11 is 1.71. The van der Waals surface area contributed by atoms with E-state index in [0.29, 0.717) is 18.0 Å². The van der Waals surface area contributed by atoms with Gasteiger partial charge in [-0.1, -0.05) is 18.2 Å². The van der Waals surface area contributed by atoms with E-state index in [0.717, 1.165) is 21.9 Å². The molecule has 2 aliphatic heterocycles. The van der Waals surface area contributed by atoms with Gasteiger partial charge in [0.2, 0.25) is 0 Å². The lowest BCUT2D eigenvalue weighted by atomic mass is 9.99. The van der Waals surface area contributed by atoms with Gasteiger partial charge in [-0.25, -0.2) is 0 Å². The number of thioether (sulfide) groups is 1. The first-order valence-electron chi connectivity index (χ1n) is 8.14. The zero-order chi connectivity index (χ0) is 17.6. The average molecular weight is 354 g/mol. The van der Waals surface area contributed by atoms with Gasteiger partial charge in [-0.05, 0) is 43.7 Å². The lowest BCUT2D eigenvalue weighted by Crippen LogP contribution is -2.60. The predicted octanol–water partition coefficient (Wildman–Crippen LogP) is 3.22. The van der Waals surface area contributed by atoms with Crippen LogP contribution in [0.3, 0.4) is 0 Å². The van der Waals surface area contributed by atoms with Gasteiger partial charge in [0.1, 0.15) is 5.75 Å². The van der Waals surface area contributed by atoms with Crippen LogP contribution >= 0.6 is 11.8 Å². The molecule has 0 spiro atoms. The number of anilines is 2. The molecule has 1 N–H and O–H groups in total. The molecule has 1 unspecified atom stereocenters. The standard InChI is InChI=1S/C19H18N2O3S/c1-12-7-8-15-13(11-12)20-17(22)19(2,24-15)18(23)21-9-10-25-16-6-4-3-5-14(16)21/h3-8,11H,9-10H2,1-2H3,(H,20,22). The number of hydrogen-bond acceptors (Lipinski definition) is 4. The predicted molar refractivity (Wildman–Crippen MR) is 98.4 cm³/mol. The minimum atomic E-state index is -1.59. The van der Waals surface area contributed by atoms with Crippen molar-refractivity contribution in [1.82, 2.24) is 0 Å². The van der Waals surface area contributed by atoms with Gasteiger partial charge < -0.3 is 15.0 Å². The molecule has 2 amide bonds. The molecule has 128 valence electrons. The molecule has 0 saturated heterocycles. The second-order valence-corrected chi connectivity index (χ2v) is 7.50. The molecule has 2 aromatic rings. The SMILES string of the molecule is Cc1ccc2c(c1)NC(=O)C(C)(C(=O)N1CCSc3ccccc31)O2. The van der Waals surface area contributed by atoms with Crippen LogP contribution in [0, 0.1) is 6.92 Å². The van der Waals surface area contributed by atoms with Gasteiger partial charge in [-0.15, -0.1) is 11.8 Å². The quantitative estimate of drug-likeness (QED) is 0.799. The third kappa shape index (κ3) is 2.57. The molecule has 0 bridgehead atoms. The van der Waals surface area contributed by atoms with Crippen LogP contribution in [0.5, 0.6) is 5.75 Å². The van der Waals surface area contributed by atoms with E-state index in [9.17, 15) is 9.59 Å². The Hall–Kier alpha value is -2.47. The maximum atomic E-state index is 13.3. The van der Waals surface area contributed by atoms with Crippen molar-refractivity contribution < 1.29 is 14.3 Å². The summed E-state index contributed by atoms with van der Waals surface area (Å²) in [5.41, 5.74) is 0.859. The second kappa shape index (κ2) is 5.81. The van der Waals surface area contributed by atoms with Crippen molar-refractivity contribution in [1.29, 1.82) is 0 Å². The van der Waals surface area contributed by atoms with Crippen LogP contribution < -0.4 is 15.0 Å². The van der Waals surface area contributed by atoms with Gasteiger partial charge in [0.05, 0.1) is 11.4 Å². The van der Waals surface area contributed by atoms with Gasteiger partial charge in [0, 0.05) is 17.2 Å². The lowest BCUT2D eigenvalue weighted by Gasteiger charge is -2.38. The Balaban J connectivity index is 1.71. The summed E-state index contributed by atoms with van der Waals surface area (Å²) in [6, 6.07) is 13.3. The van der Waals surface area contributed by atoms with E-state index in [2.05, 4.69) is 5.32 Å². The van der Waals surface area contributed by atoms with Crippen molar-refractivity contribution in [3.63, 3.8) is 0 Å². The van der Waals surface area contributed by atoms with Crippen molar-refractivity contribution in [3.05, 3.63) is 48.0 Å². The Kier molecular flexibility index (Phi) is 3.72. The highest BCUT2D eigenvalue weighted by Crippen LogP contribution is 2.39. The summed E-state index contributed by atoms with van der Waals surface area (Å²) in [6.07, 6.45) is 0. The number of amides is 2. The van der Waals surface area contributed by atoms with Crippen molar-refractivity contribution in [2.45, 2.75) is 24.3 Å². The summed E-state index contributed by atoms with van der Waals surface area (Å²) in [5.74, 6) is 0.520. The molecule has 0 radical (unpaired) electrons. The average Bonchev–Trinajstić information content (AvgIpc) is 2.62. The fourth-order valence-corrected chi connectivity index (χ4v) is 4.11. The van der Waals surface area contributed by atoms with Crippen LogP contribution in [0.15, 0.2) is 47.4 Å². The normalized spacial score (nSPS) is 21.7. The number of carbonyl (C=O) groups excluding carboxylic acids is 2. The van der Waals surface area contributed by atoms with Crippen molar-refractivity contribution in [2.24, 2.45) is 0 Å². The molecule has 1 atom stereocenters. The van der Waals surface area contributed by atoms with E-state index in [1.54, 1.807) is 22.7 Å². The fourth-order valence-electron chi connectivity index (χ4n) is 3.12. The Morgan fingerprint density at radius 1 is 1.28 bits per heavy atom. The molecule has 2 aromatic carbocycles. The summed E-state index contributed by atoms with van der Waals surface area (Å²) in [5, 5.41) is 2.82. The molecule has 6 heteroatoms. The first-order chi connectivity index (χ1) is 12.0. The molecule has 2 aliphatic rings. The third-order valence-electron chi connectivity index (χ3n) is 4.51. The number of hydrogen-bond donors (Lipinski definition) is 1. The Labute approximate surface area is 150 Å². The number of nitrogens with zero attached hydrogens (tertiary/aromatic N) is 1. The molecule has 0 aliphatic carbocycles. The van der Waals surface area contributed by atoms with Gasteiger partial charge in [0.25, 0.3) is 17.4 Å². The van der Waals surface area contributed by atoms with E-state index in [4.69, 9.17) is 4.74 Å². The highest BCUT2D eigenvalue weighted by atomic mass is 32.2. The van der Waals surface area contributed by atoms with Gasteiger partial charge in [0.15, 0.2) is 0 Å². The number of ether oxygens (including phenoxy) is 1. The number of carbonyl (C=O) groups is 2. The maximum absolute atomic E-state index is 13.3. The van der Waals surface area contributed by atoms with E-state index >= 15 is 0 Å². The molecule has 5 nitrogen and oxygen atoms in total. The summed E-state index contributed by atoms with van der Waals surface area (Å²) < 4.78 is 5.91. The second-order valence-electron chi connectivity index (χ2n) is 6.36. The lowest BCUT2D eigenvalue weighted by molar-refractivity contribution is -0.144. The van der Waals surface area contributed by atoms with Gasteiger partial charge in [-0.2, -0.15) is 0 Å². The molecule has 0 saturated carbocycles. The first-order valence-corrected chi connectivity index (χ1v) is 9.12. The van der Waals surface area contributed by atoms with Crippen molar-refractivity contribution >= 4 is 35.0 Å². The highest BCUT2D eigenvalue weighted by molar-refractivity contribution is 7.99. The first kappa shape index (κ1) is 16.0. The topological polar surface area (TPSA) is 58.6 Å². The van der Waals surface area contributed by atoms with Gasteiger partial charge in [-0.3, -0.25) is 9.59 Å². The minimum absolute atomic E-state index is 0.344. The molecular formula is C19H18N2O3S. The molecule has 25 heavy (non-hydrogen) atoms. The van der Waals surface area contributed by atoms with Crippen molar-refractivity contribution in [3.8, 4) is 5.75 Å². The van der Waals surface area contributed by atoms with Crippen molar-refractivity contribution in [2.75, 3.05) is 22.5 Å². The van der Waals surface area contributed by atoms with E-state index < -0.39 is 11.5 Å². The number of benzene rings is 2. The minimum Gasteiger partial charge on any atom is -0.465 e. The Bertz CT molecular complexity index is 883. The van der Waals surface area contributed by atoms with Crippen LogP contribution in [0.1, 0.15) is 12.5 Å². The summed E-state index contributed by atoms with van der Waals surface area (Å²) in [6.45, 7) is 4.03. The molecule has 0 fully saturated rings. The number of fused-ring (bicyclic) bond motifs is 2. The Morgan fingerprint density at radius 2 is 2.08 bits per heavy atom. The maximum Gasteiger partial charge on any atom is 0.280 e.